The molecule has 0 aromatic heterocycles. The molecule has 0 saturated carbocycles. The fraction of sp³-hybridized carbons (Fsp3) is 0.667. The topological polar surface area (TPSA) is 148 Å². The molecule has 0 amide bonds. The molecule has 84 valence electrons. The molecule has 0 aromatic carbocycles. The maximum absolute atomic E-state index is 10.3. The predicted octanol–water partition coefficient (Wildman–Crippen LogP) is -2.16. The number of hydrogen-bond acceptors (Lipinski definition) is 4. The van der Waals surface area contributed by atoms with Gasteiger partial charge in [-0.25, -0.2) is 0 Å². The van der Waals surface area contributed by atoms with Crippen LogP contribution in [-0.2, 0) is 4.79 Å². The molecule has 0 aliphatic rings. The van der Waals surface area contributed by atoms with Crippen molar-refractivity contribution in [2.75, 3.05) is 6.54 Å². The number of guanidine groups is 1. The van der Waals surface area contributed by atoms with Gasteiger partial charge in [0.25, 0.3) is 0 Å². The van der Waals surface area contributed by atoms with E-state index in [2.05, 4.69) is 4.99 Å². The molecule has 8 N–H and O–H groups in total. The van der Waals surface area contributed by atoms with E-state index in [0.29, 0.717) is 0 Å². The van der Waals surface area contributed by atoms with Crippen LogP contribution in [0.2, 0.25) is 0 Å². The number of aliphatic imine (C=N–C) groups is 1. The third-order valence-corrected chi connectivity index (χ3v) is 1.33. The van der Waals surface area contributed by atoms with E-state index in [-0.39, 0.29) is 31.3 Å². The van der Waals surface area contributed by atoms with Crippen molar-refractivity contribution in [1.29, 1.82) is 0 Å². The molecule has 7 nitrogen and oxygen atoms in total. The first kappa shape index (κ1) is 15.4. The van der Waals surface area contributed by atoms with Crippen molar-refractivity contribution >= 4 is 24.3 Å². The van der Waals surface area contributed by atoms with Gasteiger partial charge >= 0.3 is 5.97 Å². The molecular weight excluding hydrogens is 213 g/mol. The zero-order valence-corrected chi connectivity index (χ0v) is 8.28. The van der Waals surface area contributed by atoms with Crippen LogP contribution >= 0.6 is 12.4 Å². The number of rotatable bonds is 5. The minimum absolute atomic E-state index is 0. The van der Waals surface area contributed by atoms with Crippen molar-refractivity contribution in [1.82, 2.24) is 0 Å². The molecule has 0 fully saturated rings. The molecule has 0 aliphatic carbocycles. The molecule has 0 spiro atoms. The Morgan fingerprint density at radius 1 is 1.43 bits per heavy atom. The maximum atomic E-state index is 10.3. The Kier molecular flexibility index (Phi) is 8.11. The van der Waals surface area contributed by atoms with Gasteiger partial charge in [-0.05, 0) is 0 Å². The van der Waals surface area contributed by atoms with Crippen LogP contribution in [0.1, 0.15) is 6.42 Å². The van der Waals surface area contributed by atoms with Crippen LogP contribution in [0.25, 0.3) is 0 Å². The van der Waals surface area contributed by atoms with Gasteiger partial charge in [0, 0.05) is 6.42 Å². The van der Waals surface area contributed by atoms with Gasteiger partial charge in [-0.1, -0.05) is 0 Å². The Bertz CT molecular complexity index is 207. The molecule has 0 aliphatic heterocycles. The quantitative estimate of drug-likeness (QED) is 0.205. The highest BCUT2D eigenvalue weighted by molar-refractivity contribution is 5.85. The predicted molar refractivity (Wildman–Crippen MR) is 54.2 cm³/mol. The van der Waals surface area contributed by atoms with Crippen molar-refractivity contribution in [3.05, 3.63) is 0 Å². The summed E-state index contributed by atoms with van der Waals surface area (Å²) in [5.41, 5.74) is 15.2. The van der Waals surface area contributed by atoms with Crippen molar-refractivity contribution < 1.29 is 15.0 Å². The second-order valence-corrected chi connectivity index (χ2v) is 2.60. The highest BCUT2D eigenvalue weighted by Crippen LogP contribution is 1.96. The van der Waals surface area contributed by atoms with Gasteiger partial charge < -0.3 is 27.4 Å². The number of aliphatic hydroxyl groups is 1. The number of carbonyl (C=O) groups is 1. The summed E-state index contributed by atoms with van der Waals surface area (Å²) in [6.07, 6.45) is -1.01. The number of aliphatic hydroxyl groups excluding tert-OH is 1. The molecule has 2 atom stereocenters. The van der Waals surface area contributed by atoms with Crippen molar-refractivity contribution in [2.24, 2.45) is 22.2 Å². The Balaban J connectivity index is 0. The van der Waals surface area contributed by atoms with Gasteiger partial charge in [-0.15, -0.1) is 12.4 Å². The summed E-state index contributed by atoms with van der Waals surface area (Å²) in [5.74, 6) is -1.31. The molecule has 0 unspecified atom stereocenters. The number of aliphatic carboxylic acids is 1. The third-order valence-electron chi connectivity index (χ3n) is 1.33. The average molecular weight is 228 g/mol. The standard InChI is InChI=1S/C6H14N4O3.ClH/c7-4(5(12)13)1-3(11)2-10-6(8)9;/h3-4,11H,1-2,7H2,(H,12,13)(H4,8,9,10);1H/t3-,4-;/m1./s1/i6+1;. The molecule has 0 radical (unpaired) electrons. The molecule has 14 heavy (non-hydrogen) atoms. The van der Waals surface area contributed by atoms with Crippen molar-refractivity contribution in [3.8, 4) is 0 Å². The van der Waals surface area contributed by atoms with Gasteiger partial charge in [-0.2, -0.15) is 0 Å². The summed E-state index contributed by atoms with van der Waals surface area (Å²) in [4.78, 5) is 13.8. The number of hydrogen-bond donors (Lipinski definition) is 5. The summed E-state index contributed by atoms with van der Waals surface area (Å²) in [6, 6.07) is -1.09. The first-order valence-corrected chi connectivity index (χ1v) is 3.65. The minimum Gasteiger partial charge on any atom is -0.480 e. The van der Waals surface area contributed by atoms with Crippen LogP contribution in [0.5, 0.6) is 0 Å². The van der Waals surface area contributed by atoms with E-state index in [1.165, 1.54) is 0 Å². The lowest BCUT2D eigenvalue weighted by Crippen LogP contribution is -2.35. The Morgan fingerprint density at radius 2 is 1.93 bits per heavy atom. The van der Waals surface area contributed by atoms with Gasteiger partial charge in [0.1, 0.15) is 6.04 Å². The fourth-order valence-electron chi connectivity index (χ4n) is 0.679. The zero-order chi connectivity index (χ0) is 10.4. The van der Waals surface area contributed by atoms with Crippen LogP contribution < -0.4 is 17.2 Å². The van der Waals surface area contributed by atoms with Gasteiger partial charge in [0.15, 0.2) is 5.96 Å². The first-order chi connectivity index (χ1) is 5.93. The second kappa shape index (κ2) is 7.36. The number of nitrogens with zero attached hydrogens (tertiary/aromatic N) is 1. The Hall–Kier alpha value is -1.05. The lowest BCUT2D eigenvalue weighted by molar-refractivity contribution is -0.139. The molecule has 0 rings (SSSR count). The number of nitrogens with two attached hydrogens (primary N) is 3. The van der Waals surface area contributed by atoms with E-state index in [4.69, 9.17) is 27.4 Å². The highest BCUT2D eigenvalue weighted by atomic mass is 35.5. The molecule has 0 bridgehead atoms. The minimum atomic E-state index is -1.16. The van der Waals surface area contributed by atoms with E-state index in [0.717, 1.165) is 0 Å². The SMILES string of the molecule is Cl.N[C@H](C[C@@H](O)CN=[13C](N)N)C(=O)O. The fourth-order valence-corrected chi connectivity index (χ4v) is 0.679. The lowest BCUT2D eigenvalue weighted by Gasteiger charge is -2.10. The van der Waals surface area contributed by atoms with Gasteiger partial charge in [0.2, 0.25) is 0 Å². The van der Waals surface area contributed by atoms with Crippen molar-refractivity contribution in [3.63, 3.8) is 0 Å². The molecule has 0 aromatic rings. The largest absolute Gasteiger partial charge is 0.480 e. The van der Waals surface area contributed by atoms with E-state index < -0.39 is 18.1 Å². The maximum Gasteiger partial charge on any atom is 0.320 e. The van der Waals surface area contributed by atoms with Crippen molar-refractivity contribution in [2.45, 2.75) is 18.6 Å². The summed E-state index contributed by atoms with van der Waals surface area (Å²) < 4.78 is 0. The van der Waals surface area contributed by atoms with Crippen LogP contribution in [0.15, 0.2) is 4.99 Å². The molecular formula is C6H15ClN4O3. The van der Waals surface area contributed by atoms with E-state index in [9.17, 15) is 4.79 Å². The number of carboxylic acids is 1. The summed E-state index contributed by atoms with van der Waals surface area (Å²) in [5, 5.41) is 17.5. The number of carboxylic acid groups (broad SMARTS) is 1. The lowest BCUT2D eigenvalue weighted by atomic mass is 10.1. The molecule has 0 heterocycles. The van der Waals surface area contributed by atoms with Crippen LogP contribution in [-0.4, -0.2) is 40.8 Å². The molecule has 8 heteroatoms. The van der Waals surface area contributed by atoms with Crippen LogP contribution in [0.3, 0.4) is 0 Å². The average Bonchev–Trinajstić information content (AvgIpc) is 2.00. The molecule has 0 saturated heterocycles. The van der Waals surface area contributed by atoms with E-state index in [1.807, 2.05) is 0 Å². The van der Waals surface area contributed by atoms with Gasteiger partial charge in [0.05, 0.1) is 12.6 Å². The van der Waals surface area contributed by atoms with E-state index >= 15 is 0 Å². The zero-order valence-electron chi connectivity index (χ0n) is 7.46. The second-order valence-electron chi connectivity index (χ2n) is 2.60. The van der Waals surface area contributed by atoms with Gasteiger partial charge in [-0.3, -0.25) is 9.79 Å². The summed E-state index contributed by atoms with van der Waals surface area (Å²) >= 11 is 0. The van der Waals surface area contributed by atoms with E-state index in [1.54, 1.807) is 0 Å². The van der Waals surface area contributed by atoms with Crippen LogP contribution in [0.4, 0.5) is 0 Å². The third kappa shape index (κ3) is 7.59. The summed E-state index contributed by atoms with van der Waals surface area (Å²) in [6.45, 7) is -0.0384. The first-order valence-electron chi connectivity index (χ1n) is 3.65. The Labute approximate surface area is 87.4 Å². The van der Waals surface area contributed by atoms with Crippen LogP contribution in [0, 0.1) is 0 Å². The smallest absolute Gasteiger partial charge is 0.320 e. The number of halogens is 1. The monoisotopic (exact) mass is 227 g/mol. The normalized spacial score (nSPS) is 13.6. The summed E-state index contributed by atoms with van der Waals surface area (Å²) in [7, 11) is 0. The Morgan fingerprint density at radius 3 is 2.29 bits per heavy atom. The highest BCUT2D eigenvalue weighted by Gasteiger charge is 2.16.